The van der Waals surface area contributed by atoms with Crippen LogP contribution in [-0.2, 0) is 18.5 Å². The minimum Gasteiger partial charge on any atom is -0.313 e. The van der Waals surface area contributed by atoms with E-state index < -0.39 is 0 Å². The predicted molar refractivity (Wildman–Crippen MR) is 79.5 cm³/mol. The highest BCUT2D eigenvalue weighted by atomic mass is 32.1. The standard InChI is InChI=1S/C14H22N4S/c1-5-15-6-11-7-16-18(8-11)9-13-17-12(10-19-13)14(2,3)4/h7-8,10,15H,5-6,9H2,1-4H3. The van der Waals surface area contributed by atoms with Crippen molar-refractivity contribution in [1.82, 2.24) is 20.1 Å². The van der Waals surface area contributed by atoms with Gasteiger partial charge in [0.25, 0.3) is 0 Å². The Morgan fingerprint density at radius 2 is 2.16 bits per heavy atom. The maximum Gasteiger partial charge on any atom is 0.114 e. The van der Waals surface area contributed by atoms with Crippen LogP contribution in [0.1, 0.15) is 44.0 Å². The summed E-state index contributed by atoms with van der Waals surface area (Å²) >= 11 is 1.71. The zero-order valence-electron chi connectivity index (χ0n) is 12.1. The third-order valence-electron chi connectivity index (χ3n) is 2.88. The fraction of sp³-hybridized carbons (Fsp3) is 0.571. The van der Waals surface area contributed by atoms with Crippen molar-refractivity contribution >= 4 is 11.3 Å². The van der Waals surface area contributed by atoms with Crippen LogP contribution in [0.25, 0.3) is 0 Å². The van der Waals surface area contributed by atoms with E-state index in [4.69, 9.17) is 4.98 Å². The van der Waals surface area contributed by atoms with Crippen LogP contribution in [0.3, 0.4) is 0 Å². The maximum atomic E-state index is 4.69. The molecule has 0 atom stereocenters. The van der Waals surface area contributed by atoms with E-state index in [2.05, 4.69) is 49.7 Å². The highest BCUT2D eigenvalue weighted by Gasteiger charge is 2.17. The summed E-state index contributed by atoms with van der Waals surface area (Å²) in [5, 5.41) is 10.9. The molecule has 0 unspecified atom stereocenters. The van der Waals surface area contributed by atoms with Gasteiger partial charge in [0.05, 0.1) is 18.4 Å². The van der Waals surface area contributed by atoms with E-state index >= 15 is 0 Å². The third-order valence-corrected chi connectivity index (χ3v) is 3.72. The Morgan fingerprint density at radius 1 is 1.37 bits per heavy atom. The zero-order chi connectivity index (χ0) is 13.9. The molecule has 1 N–H and O–H groups in total. The molecule has 0 aliphatic rings. The van der Waals surface area contributed by atoms with Gasteiger partial charge in [-0.15, -0.1) is 11.3 Å². The first-order valence-electron chi connectivity index (χ1n) is 6.66. The molecule has 0 saturated carbocycles. The van der Waals surface area contributed by atoms with Crippen molar-refractivity contribution in [3.8, 4) is 0 Å². The van der Waals surface area contributed by atoms with Crippen LogP contribution < -0.4 is 5.32 Å². The second-order valence-corrected chi connectivity index (χ2v) is 6.65. The molecule has 0 bridgehead atoms. The van der Waals surface area contributed by atoms with E-state index in [1.807, 2.05) is 10.9 Å². The number of hydrogen-bond donors (Lipinski definition) is 1. The summed E-state index contributed by atoms with van der Waals surface area (Å²) in [4.78, 5) is 4.69. The minimum absolute atomic E-state index is 0.120. The van der Waals surface area contributed by atoms with Crippen LogP contribution in [0, 0.1) is 0 Å². The van der Waals surface area contributed by atoms with Gasteiger partial charge in [0.2, 0.25) is 0 Å². The molecular formula is C14H22N4S. The van der Waals surface area contributed by atoms with Gasteiger partial charge in [0.1, 0.15) is 5.01 Å². The van der Waals surface area contributed by atoms with Crippen LogP contribution in [0.5, 0.6) is 0 Å². The lowest BCUT2D eigenvalue weighted by Gasteiger charge is -2.14. The molecule has 2 heterocycles. The quantitative estimate of drug-likeness (QED) is 0.914. The Kier molecular flexibility index (Phi) is 4.37. The molecular weight excluding hydrogens is 256 g/mol. The van der Waals surface area contributed by atoms with Crippen molar-refractivity contribution in [2.45, 2.75) is 46.2 Å². The van der Waals surface area contributed by atoms with Gasteiger partial charge in [-0.25, -0.2) is 4.98 Å². The van der Waals surface area contributed by atoms with Crippen molar-refractivity contribution in [2.24, 2.45) is 0 Å². The van der Waals surface area contributed by atoms with Crippen LogP contribution in [0.4, 0.5) is 0 Å². The molecule has 2 rings (SSSR count). The number of nitrogens with zero attached hydrogens (tertiary/aromatic N) is 3. The fourth-order valence-corrected chi connectivity index (χ4v) is 2.73. The molecule has 2 aromatic heterocycles. The van der Waals surface area contributed by atoms with Crippen molar-refractivity contribution in [3.63, 3.8) is 0 Å². The van der Waals surface area contributed by atoms with Crippen LogP contribution >= 0.6 is 11.3 Å². The van der Waals surface area contributed by atoms with Crippen molar-refractivity contribution < 1.29 is 0 Å². The maximum absolute atomic E-state index is 4.69. The number of aromatic nitrogens is 3. The second kappa shape index (κ2) is 5.84. The van der Waals surface area contributed by atoms with Crippen molar-refractivity contribution in [2.75, 3.05) is 6.54 Å². The summed E-state index contributed by atoms with van der Waals surface area (Å²) in [7, 11) is 0. The molecule has 5 heteroatoms. The van der Waals surface area contributed by atoms with Gasteiger partial charge in [-0.1, -0.05) is 27.7 Å². The molecule has 0 amide bonds. The average Bonchev–Trinajstić information content (AvgIpc) is 2.95. The van der Waals surface area contributed by atoms with Crippen molar-refractivity contribution in [1.29, 1.82) is 0 Å². The molecule has 19 heavy (non-hydrogen) atoms. The van der Waals surface area contributed by atoms with Gasteiger partial charge in [-0.3, -0.25) is 4.68 Å². The molecule has 0 radical (unpaired) electrons. The smallest absolute Gasteiger partial charge is 0.114 e. The number of nitrogens with one attached hydrogen (secondary N) is 1. The summed E-state index contributed by atoms with van der Waals surface area (Å²) in [5.74, 6) is 0. The van der Waals surface area contributed by atoms with Gasteiger partial charge in [0.15, 0.2) is 0 Å². The topological polar surface area (TPSA) is 42.7 Å². The van der Waals surface area contributed by atoms with Gasteiger partial charge in [0, 0.05) is 29.1 Å². The summed E-state index contributed by atoms with van der Waals surface area (Å²) in [6, 6.07) is 0. The van der Waals surface area contributed by atoms with E-state index in [-0.39, 0.29) is 5.41 Å². The number of rotatable bonds is 5. The number of thiazole rings is 1. The summed E-state index contributed by atoms with van der Waals surface area (Å²) in [6.07, 6.45) is 4.00. The van der Waals surface area contributed by atoms with E-state index in [0.717, 1.165) is 30.3 Å². The molecule has 0 aliphatic carbocycles. The molecule has 0 aromatic carbocycles. The van der Waals surface area contributed by atoms with Crippen molar-refractivity contribution in [3.05, 3.63) is 34.0 Å². The molecule has 0 spiro atoms. The van der Waals surface area contributed by atoms with E-state index in [1.54, 1.807) is 11.3 Å². The Hall–Kier alpha value is -1.20. The lowest BCUT2D eigenvalue weighted by atomic mass is 9.93. The Balaban J connectivity index is 2.01. The molecule has 4 nitrogen and oxygen atoms in total. The summed E-state index contributed by atoms with van der Waals surface area (Å²) in [5.41, 5.74) is 2.50. The fourth-order valence-electron chi connectivity index (χ4n) is 1.72. The highest BCUT2D eigenvalue weighted by Crippen LogP contribution is 2.24. The van der Waals surface area contributed by atoms with Gasteiger partial charge in [-0.2, -0.15) is 5.10 Å². The van der Waals surface area contributed by atoms with Gasteiger partial charge < -0.3 is 5.32 Å². The highest BCUT2D eigenvalue weighted by molar-refractivity contribution is 7.09. The second-order valence-electron chi connectivity index (χ2n) is 5.70. The molecule has 0 aliphatic heterocycles. The Bertz CT molecular complexity index is 522. The zero-order valence-corrected chi connectivity index (χ0v) is 12.9. The van der Waals surface area contributed by atoms with Gasteiger partial charge >= 0.3 is 0 Å². The van der Waals surface area contributed by atoms with E-state index in [1.165, 1.54) is 5.56 Å². The van der Waals surface area contributed by atoms with E-state index in [0.29, 0.717) is 0 Å². The minimum atomic E-state index is 0.120. The largest absolute Gasteiger partial charge is 0.313 e. The Morgan fingerprint density at radius 3 is 2.79 bits per heavy atom. The number of hydrogen-bond acceptors (Lipinski definition) is 4. The van der Waals surface area contributed by atoms with Crippen LogP contribution in [0.15, 0.2) is 17.8 Å². The predicted octanol–water partition coefficient (Wildman–Crippen LogP) is 2.79. The van der Waals surface area contributed by atoms with E-state index in [9.17, 15) is 0 Å². The Labute approximate surface area is 118 Å². The first kappa shape index (κ1) is 14.2. The molecule has 104 valence electrons. The molecule has 0 fully saturated rings. The normalized spacial score (nSPS) is 12.0. The average molecular weight is 278 g/mol. The summed E-state index contributed by atoms with van der Waals surface area (Å²) < 4.78 is 1.96. The lowest BCUT2D eigenvalue weighted by molar-refractivity contribution is 0.567. The first-order chi connectivity index (χ1) is 8.99. The SMILES string of the molecule is CCNCc1cnn(Cc2nc(C(C)(C)C)cs2)c1. The first-order valence-corrected chi connectivity index (χ1v) is 7.54. The molecule has 2 aromatic rings. The van der Waals surface area contributed by atoms with Crippen LogP contribution in [0.2, 0.25) is 0 Å². The summed E-state index contributed by atoms with van der Waals surface area (Å²) in [6.45, 7) is 11.3. The monoisotopic (exact) mass is 278 g/mol. The van der Waals surface area contributed by atoms with Crippen LogP contribution in [-0.4, -0.2) is 21.3 Å². The molecule has 0 saturated heterocycles. The lowest BCUT2D eigenvalue weighted by Crippen LogP contribution is -2.12. The van der Waals surface area contributed by atoms with Gasteiger partial charge in [-0.05, 0) is 6.54 Å². The third kappa shape index (κ3) is 3.88.